The molecule has 0 aromatic carbocycles. The summed E-state index contributed by atoms with van der Waals surface area (Å²) in [7, 11) is 0. The van der Waals surface area contributed by atoms with Crippen LogP contribution in [0.4, 0.5) is 11.5 Å². The van der Waals surface area contributed by atoms with Crippen LogP contribution in [0.15, 0.2) is 12.1 Å². The van der Waals surface area contributed by atoms with Gasteiger partial charge in [0.05, 0.1) is 17.1 Å². The highest BCUT2D eigenvalue weighted by Gasteiger charge is 2.30. The fourth-order valence-electron chi connectivity index (χ4n) is 3.09. The molecule has 1 aromatic rings. The molecular formula is C13H17ClN4O2. The van der Waals surface area contributed by atoms with Crippen molar-refractivity contribution in [3.05, 3.63) is 27.4 Å². The van der Waals surface area contributed by atoms with Crippen LogP contribution >= 0.6 is 11.6 Å². The highest BCUT2D eigenvalue weighted by molar-refractivity contribution is 6.29. The first-order valence-electron chi connectivity index (χ1n) is 6.94. The summed E-state index contributed by atoms with van der Waals surface area (Å²) in [6.45, 7) is 4.10. The second-order valence-electron chi connectivity index (χ2n) is 5.39. The average molecular weight is 297 g/mol. The highest BCUT2D eigenvalue weighted by Crippen LogP contribution is 2.28. The molecule has 0 aliphatic carbocycles. The zero-order chi connectivity index (χ0) is 14.1. The van der Waals surface area contributed by atoms with Gasteiger partial charge in [-0.25, -0.2) is 4.98 Å². The Labute approximate surface area is 122 Å². The predicted molar refractivity (Wildman–Crippen MR) is 77.3 cm³/mol. The quantitative estimate of drug-likeness (QED) is 0.486. The second kappa shape index (κ2) is 5.54. The Hall–Kier alpha value is -1.40. The number of likely N-dealkylation sites (tertiary alicyclic amines) is 1. The summed E-state index contributed by atoms with van der Waals surface area (Å²) >= 11 is 5.88. The van der Waals surface area contributed by atoms with Crippen molar-refractivity contribution in [2.75, 3.05) is 31.1 Å². The highest BCUT2D eigenvalue weighted by atomic mass is 35.5. The van der Waals surface area contributed by atoms with Gasteiger partial charge in [0.15, 0.2) is 0 Å². The summed E-state index contributed by atoms with van der Waals surface area (Å²) in [4.78, 5) is 19.3. The molecule has 0 N–H and O–H groups in total. The standard InChI is InChI=1S/C13H17ClN4O2/c14-12-7-11(18(19)20)8-13(15-12)17-6-3-10(9-17)16-4-1-2-5-16/h7-8,10H,1-6,9H2. The minimum atomic E-state index is -0.426. The van der Waals surface area contributed by atoms with Crippen molar-refractivity contribution in [1.29, 1.82) is 0 Å². The van der Waals surface area contributed by atoms with Gasteiger partial charge >= 0.3 is 0 Å². The molecule has 2 aliphatic rings. The summed E-state index contributed by atoms with van der Waals surface area (Å²) in [5.41, 5.74) is 0.00428. The molecule has 2 saturated heterocycles. The molecule has 0 bridgehead atoms. The van der Waals surface area contributed by atoms with Crippen molar-refractivity contribution < 1.29 is 4.92 Å². The zero-order valence-corrected chi connectivity index (χ0v) is 11.9. The van der Waals surface area contributed by atoms with Crippen LogP contribution in [-0.4, -0.2) is 47.0 Å². The third-order valence-electron chi connectivity index (χ3n) is 4.12. The number of pyridine rings is 1. The normalized spacial score (nSPS) is 23.4. The third kappa shape index (κ3) is 2.71. The molecule has 6 nitrogen and oxygen atoms in total. The number of nitrogens with zero attached hydrogens (tertiary/aromatic N) is 4. The average Bonchev–Trinajstić information content (AvgIpc) is 3.09. The molecule has 2 aliphatic heterocycles. The molecule has 2 fully saturated rings. The molecule has 0 amide bonds. The molecule has 0 spiro atoms. The summed E-state index contributed by atoms with van der Waals surface area (Å²) in [5, 5.41) is 11.1. The van der Waals surface area contributed by atoms with E-state index in [-0.39, 0.29) is 10.8 Å². The minimum absolute atomic E-state index is 0.00428. The van der Waals surface area contributed by atoms with Crippen molar-refractivity contribution in [3.63, 3.8) is 0 Å². The Bertz CT molecular complexity index is 519. The van der Waals surface area contributed by atoms with E-state index < -0.39 is 4.92 Å². The summed E-state index contributed by atoms with van der Waals surface area (Å²) in [5.74, 6) is 0.617. The van der Waals surface area contributed by atoms with Crippen LogP contribution in [0.3, 0.4) is 0 Å². The largest absolute Gasteiger partial charge is 0.355 e. The van der Waals surface area contributed by atoms with Gasteiger partial charge in [-0.15, -0.1) is 0 Å². The van der Waals surface area contributed by atoms with Crippen molar-refractivity contribution in [2.45, 2.75) is 25.3 Å². The molecule has 1 aromatic heterocycles. The number of hydrogen-bond donors (Lipinski definition) is 0. The van der Waals surface area contributed by atoms with Crippen molar-refractivity contribution >= 4 is 23.1 Å². The maximum absolute atomic E-state index is 10.9. The Morgan fingerprint density at radius 1 is 1.30 bits per heavy atom. The number of anilines is 1. The van der Waals surface area contributed by atoms with Gasteiger partial charge in [-0.1, -0.05) is 11.6 Å². The third-order valence-corrected chi connectivity index (χ3v) is 4.31. The lowest BCUT2D eigenvalue weighted by Gasteiger charge is -2.24. The van der Waals surface area contributed by atoms with Gasteiger partial charge in [0.25, 0.3) is 5.69 Å². The first-order valence-corrected chi connectivity index (χ1v) is 7.32. The molecule has 7 heteroatoms. The lowest BCUT2D eigenvalue weighted by Crippen LogP contribution is -2.35. The number of rotatable bonds is 3. The Kier molecular flexibility index (Phi) is 3.76. The van der Waals surface area contributed by atoms with E-state index in [4.69, 9.17) is 11.6 Å². The van der Waals surface area contributed by atoms with Gasteiger partial charge in [-0.05, 0) is 32.4 Å². The smallest absolute Gasteiger partial charge is 0.276 e. The van der Waals surface area contributed by atoms with Crippen LogP contribution in [-0.2, 0) is 0 Å². The molecule has 3 heterocycles. The maximum Gasteiger partial charge on any atom is 0.276 e. The van der Waals surface area contributed by atoms with Crippen LogP contribution in [0, 0.1) is 10.1 Å². The SMILES string of the molecule is O=[N+]([O-])c1cc(Cl)nc(N2CCC(N3CCCC3)C2)c1. The lowest BCUT2D eigenvalue weighted by molar-refractivity contribution is -0.384. The molecule has 0 radical (unpaired) electrons. The second-order valence-corrected chi connectivity index (χ2v) is 5.78. The van der Waals surface area contributed by atoms with E-state index in [9.17, 15) is 10.1 Å². The predicted octanol–water partition coefficient (Wildman–Crippen LogP) is 2.32. The Balaban J connectivity index is 1.75. The number of nitro groups is 1. The fraction of sp³-hybridized carbons (Fsp3) is 0.615. The van der Waals surface area contributed by atoms with E-state index in [1.165, 1.54) is 38.1 Å². The van der Waals surface area contributed by atoms with E-state index in [0.717, 1.165) is 19.5 Å². The lowest BCUT2D eigenvalue weighted by atomic mass is 10.2. The topological polar surface area (TPSA) is 62.5 Å². The van der Waals surface area contributed by atoms with Crippen molar-refractivity contribution in [3.8, 4) is 0 Å². The molecule has 0 saturated carbocycles. The van der Waals surface area contributed by atoms with Gasteiger partial charge in [0.2, 0.25) is 0 Å². The molecule has 3 rings (SSSR count). The van der Waals surface area contributed by atoms with E-state index in [0.29, 0.717) is 11.9 Å². The number of halogens is 1. The molecule has 20 heavy (non-hydrogen) atoms. The first-order chi connectivity index (χ1) is 9.63. The number of aromatic nitrogens is 1. The molecule has 1 atom stereocenters. The molecular weight excluding hydrogens is 280 g/mol. The van der Waals surface area contributed by atoms with Crippen LogP contribution < -0.4 is 4.90 Å². The minimum Gasteiger partial charge on any atom is -0.355 e. The van der Waals surface area contributed by atoms with Crippen molar-refractivity contribution in [1.82, 2.24) is 9.88 Å². The summed E-state index contributed by atoms with van der Waals surface area (Å²) in [6.07, 6.45) is 3.64. The van der Waals surface area contributed by atoms with Crippen LogP contribution in [0.1, 0.15) is 19.3 Å². The van der Waals surface area contributed by atoms with Gasteiger partial charge in [0.1, 0.15) is 11.0 Å². The first kappa shape index (κ1) is 13.6. The van der Waals surface area contributed by atoms with E-state index >= 15 is 0 Å². The van der Waals surface area contributed by atoms with Crippen LogP contribution in [0.2, 0.25) is 5.15 Å². The van der Waals surface area contributed by atoms with E-state index in [2.05, 4.69) is 14.8 Å². The van der Waals surface area contributed by atoms with Gasteiger partial charge in [0, 0.05) is 19.1 Å². The summed E-state index contributed by atoms with van der Waals surface area (Å²) in [6, 6.07) is 3.34. The summed E-state index contributed by atoms with van der Waals surface area (Å²) < 4.78 is 0. The monoisotopic (exact) mass is 296 g/mol. The number of hydrogen-bond acceptors (Lipinski definition) is 5. The van der Waals surface area contributed by atoms with Crippen LogP contribution in [0.5, 0.6) is 0 Å². The van der Waals surface area contributed by atoms with Gasteiger partial charge in [-0.2, -0.15) is 0 Å². The van der Waals surface area contributed by atoms with E-state index in [1.807, 2.05) is 0 Å². The van der Waals surface area contributed by atoms with Gasteiger partial charge in [-0.3, -0.25) is 15.0 Å². The Morgan fingerprint density at radius 3 is 2.75 bits per heavy atom. The molecule has 108 valence electrons. The molecule has 1 unspecified atom stereocenters. The van der Waals surface area contributed by atoms with Gasteiger partial charge < -0.3 is 4.90 Å². The Morgan fingerprint density at radius 2 is 2.05 bits per heavy atom. The van der Waals surface area contributed by atoms with E-state index in [1.54, 1.807) is 0 Å². The zero-order valence-electron chi connectivity index (χ0n) is 11.2. The fourth-order valence-corrected chi connectivity index (χ4v) is 3.29. The van der Waals surface area contributed by atoms with Crippen molar-refractivity contribution in [2.24, 2.45) is 0 Å². The van der Waals surface area contributed by atoms with Crippen LogP contribution in [0.25, 0.3) is 0 Å². The maximum atomic E-state index is 10.9.